The Morgan fingerprint density at radius 3 is 2.22 bits per heavy atom. The van der Waals surface area contributed by atoms with E-state index in [1.165, 1.54) is 0 Å². The van der Waals surface area contributed by atoms with Crippen molar-refractivity contribution >= 4 is 6.47 Å². The molecule has 2 N–H and O–H groups in total. The predicted octanol–water partition coefficient (Wildman–Crippen LogP) is 1.55. The quantitative estimate of drug-likeness (QED) is 0.616. The average molecular weight is 252 g/mol. The number of carbonyl (C=O) groups is 1. The van der Waals surface area contributed by atoms with Gasteiger partial charge in [-0.2, -0.15) is 0 Å². The van der Waals surface area contributed by atoms with E-state index in [1.54, 1.807) is 0 Å². The van der Waals surface area contributed by atoms with Gasteiger partial charge in [-0.25, -0.2) is 0 Å². The van der Waals surface area contributed by atoms with Gasteiger partial charge in [-0.3, -0.25) is 4.79 Å². The Hall–Kier alpha value is -1.39. The summed E-state index contributed by atoms with van der Waals surface area (Å²) < 4.78 is 4.46. The minimum absolute atomic E-state index is 0.0468. The van der Waals surface area contributed by atoms with Crippen molar-refractivity contribution in [2.75, 3.05) is 6.61 Å². The van der Waals surface area contributed by atoms with Gasteiger partial charge < -0.3 is 14.9 Å². The minimum Gasteiger partial charge on any atom is -0.437 e. The number of hydrogen-bond acceptors (Lipinski definition) is 4. The second kappa shape index (κ2) is 5.98. The average Bonchev–Trinajstić information content (AvgIpc) is 2.30. The van der Waals surface area contributed by atoms with Crippen LogP contribution in [0.4, 0.5) is 0 Å². The molecule has 1 aromatic carbocycles. The minimum atomic E-state index is -1.33. The molecule has 0 saturated heterocycles. The maximum absolute atomic E-state index is 10.2. The van der Waals surface area contributed by atoms with Crippen molar-refractivity contribution < 1.29 is 19.7 Å². The second-order valence-electron chi connectivity index (χ2n) is 5.28. The zero-order valence-electron chi connectivity index (χ0n) is 11.0. The highest BCUT2D eigenvalue weighted by atomic mass is 16.6. The maximum atomic E-state index is 10.2. The van der Waals surface area contributed by atoms with Crippen LogP contribution in [-0.4, -0.2) is 29.6 Å². The SMILES string of the molecule is CC(C)(C)c1ccc(C(CO)C(O)OC=O)cc1. The van der Waals surface area contributed by atoms with Crippen LogP contribution in [0.2, 0.25) is 0 Å². The van der Waals surface area contributed by atoms with Gasteiger partial charge in [0.2, 0.25) is 6.29 Å². The van der Waals surface area contributed by atoms with Crippen LogP contribution in [0.3, 0.4) is 0 Å². The number of rotatable bonds is 5. The molecule has 0 aromatic heterocycles. The predicted molar refractivity (Wildman–Crippen MR) is 68.1 cm³/mol. The lowest BCUT2D eigenvalue weighted by Crippen LogP contribution is -2.24. The van der Waals surface area contributed by atoms with E-state index < -0.39 is 12.2 Å². The Bertz CT molecular complexity index is 378. The number of aliphatic hydroxyl groups is 2. The van der Waals surface area contributed by atoms with E-state index in [1.807, 2.05) is 24.3 Å². The van der Waals surface area contributed by atoms with Crippen molar-refractivity contribution in [3.8, 4) is 0 Å². The lowest BCUT2D eigenvalue weighted by molar-refractivity contribution is -0.157. The van der Waals surface area contributed by atoms with Crippen LogP contribution in [0.5, 0.6) is 0 Å². The summed E-state index contributed by atoms with van der Waals surface area (Å²) >= 11 is 0. The van der Waals surface area contributed by atoms with Gasteiger partial charge in [0.05, 0.1) is 12.5 Å². The van der Waals surface area contributed by atoms with Gasteiger partial charge in [-0.15, -0.1) is 0 Å². The molecule has 2 unspecified atom stereocenters. The highest BCUT2D eigenvalue weighted by Crippen LogP contribution is 2.26. The Morgan fingerprint density at radius 1 is 1.28 bits per heavy atom. The largest absolute Gasteiger partial charge is 0.437 e. The Kier molecular flexibility index (Phi) is 4.87. The molecule has 1 rings (SSSR count). The van der Waals surface area contributed by atoms with Gasteiger partial charge in [0.15, 0.2) is 0 Å². The molecule has 0 saturated carbocycles. The van der Waals surface area contributed by atoms with Gasteiger partial charge >= 0.3 is 0 Å². The molecule has 0 heterocycles. The van der Waals surface area contributed by atoms with Crippen LogP contribution in [0.25, 0.3) is 0 Å². The summed E-state index contributed by atoms with van der Waals surface area (Å²) in [7, 11) is 0. The molecule has 0 aliphatic carbocycles. The van der Waals surface area contributed by atoms with Crippen LogP contribution >= 0.6 is 0 Å². The lowest BCUT2D eigenvalue weighted by Gasteiger charge is -2.22. The van der Waals surface area contributed by atoms with Crippen molar-refractivity contribution in [3.05, 3.63) is 35.4 Å². The number of aliphatic hydroxyl groups excluding tert-OH is 2. The molecule has 4 heteroatoms. The number of ether oxygens (including phenoxy) is 1. The number of carbonyl (C=O) groups excluding carboxylic acids is 1. The van der Waals surface area contributed by atoms with Crippen molar-refractivity contribution in [1.29, 1.82) is 0 Å². The normalized spacial score (nSPS) is 14.9. The first-order valence-electron chi connectivity index (χ1n) is 5.88. The number of hydrogen-bond donors (Lipinski definition) is 2. The standard InChI is InChI=1S/C14H20O4/c1-14(2,3)11-6-4-10(5-7-11)12(8-15)13(17)18-9-16/h4-7,9,12-13,15,17H,8H2,1-3H3. The molecule has 0 bridgehead atoms. The first-order valence-corrected chi connectivity index (χ1v) is 5.88. The maximum Gasteiger partial charge on any atom is 0.295 e. The third kappa shape index (κ3) is 3.55. The molecule has 0 amide bonds. The molecule has 100 valence electrons. The highest BCUT2D eigenvalue weighted by Gasteiger charge is 2.22. The Labute approximate surface area is 107 Å². The summed E-state index contributed by atoms with van der Waals surface area (Å²) in [6.45, 7) is 6.21. The molecule has 0 fully saturated rings. The van der Waals surface area contributed by atoms with E-state index in [0.29, 0.717) is 0 Å². The van der Waals surface area contributed by atoms with Gasteiger partial charge in [-0.1, -0.05) is 45.0 Å². The van der Waals surface area contributed by atoms with Crippen LogP contribution < -0.4 is 0 Å². The summed E-state index contributed by atoms with van der Waals surface area (Å²) in [5.74, 6) is -0.621. The van der Waals surface area contributed by atoms with Crippen molar-refractivity contribution in [3.63, 3.8) is 0 Å². The molecular weight excluding hydrogens is 232 g/mol. The van der Waals surface area contributed by atoms with Crippen LogP contribution in [0.15, 0.2) is 24.3 Å². The molecule has 0 spiro atoms. The molecule has 0 radical (unpaired) electrons. The van der Waals surface area contributed by atoms with Gasteiger partial charge in [0.1, 0.15) is 0 Å². The van der Waals surface area contributed by atoms with E-state index in [9.17, 15) is 15.0 Å². The molecule has 0 aliphatic rings. The van der Waals surface area contributed by atoms with Crippen molar-refractivity contribution in [2.24, 2.45) is 0 Å². The highest BCUT2D eigenvalue weighted by molar-refractivity contribution is 5.38. The summed E-state index contributed by atoms with van der Waals surface area (Å²) in [5, 5.41) is 18.8. The second-order valence-corrected chi connectivity index (χ2v) is 5.28. The van der Waals surface area contributed by atoms with E-state index in [0.717, 1.165) is 11.1 Å². The third-order valence-electron chi connectivity index (χ3n) is 2.94. The zero-order chi connectivity index (χ0) is 13.8. The topological polar surface area (TPSA) is 66.8 Å². The van der Waals surface area contributed by atoms with Crippen molar-refractivity contribution in [2.45, 2.75) is 38.4 Å². The van der Waals surface area contributed by atoms with Crippen LogP contribution in [0.1, 0.15) is 37.8 Å². The molecule has 4 nitrogen and oxygen atoms in total. The molecule has 1 aromatic rings. The summed E-state index contributed by atoms with van der Waals surface area (Å²) in [4.78, 5) is 10.2. The summed E-state index contributed by atoms with van der Waals surface area (Å²) in [5.41, 5.74) is 1.94. The summed E-state index contributed by atoms with van der Waals surface area (Å²) in [6.07, 6.45) is -1.33. The first-order chi connectivity index (χ1) is 8.40. The van der Waals surface area contributed by atoms with E-state index in [2.05, 4.69) is 25.5 Å². The van der Waals surface area contributed by atoms with Crippen LogP contribution in [0, 0.1) is 0 Å². The Morgan fingerprint density at radius 2 is 1.83 bits per heavy atom. The molecule has 2 atom stereocenters. The first kappa shape index (κ1) is 14.7. The molecular formula is C14H20O4. The summed E-state index contributed by atoms with van der Waals surface area (Å²) in [6, 6.07) is 7.56. The fraction of sp³-hybridized carbons (Fsp3) is 0.500. The van der Waals surface area contributed by atoms with Gasteiger partial charge in [0, 0.05) is 0 Å². The fourth-order valence-corrected chi connectivity index (χ4v) is 1.74. The fourth-order valence-electron chi connectivity index (χ4n) is 1.74. The van der Waals surface area contributed by atoms with E-state index in [-0.39, 0.29) is 18.5 Å². The smallest absolute Gasteiger partial charge is 0.295 e. The lowest BCUT2D eigenvalue weighted by atomic mass is 9.85. The molecule has 0 aliphatic heterocycles. The van der Waals surface area contributed by atoms with E-state index in [4.69, 9.17) is 0 Å². The van der Waals surface area contributed by atoms with Gasteiger partial charge in [-0.05, 0) is 16.5 Å². The van der Waals surface area contributed by atoms with E-state index >= 15 is 0 Å². The third-order valence-corrected chi connectivity index (χ3v) is 2.94. The van der Waals surface area contributed by atoms with Gasteiger partial charge in [0.25, 0.3) is 6.47 Å². The van der Waals surface area contributed by atoms with Crippen LogP contribution in [-0.2, 0) is 14.9 Å². The van der Waals surface area contributed by atoms with Crippen molar-refractivity contribution in [1.82, 2.24) is 0 Å². The molecule has 18 heavy (non-hydrogen) atoms. The number of benzene rings is 1. The monoisotopic (exact) mass is 252 g/mol. The zero-order valence-corrected chi connectivity index (χ0v) is 11.0. The Balaban J connectivity index is 2.91.